The second kappa shape index (κ2) is 7.70. The van der Waals surface area contributed by atoms with E-state index in [1.165, 1.54) is 18.2 Å². The van der Waals surface area contributed by atoms with E-state index in [2.05, 4.69) is 5.32 Å². The molecule has 0 atom stereocenters. The van der Waals surface area contributed by atoms with E-state index in [0.29, 0.717) is 28.3 Å². The predicted octanol–water partition coefficient (Wildman–Crippen LogP) is 5.19. The SMILES string of the molecule is COc1ccc(Oc2ccc(NC(=O)c3ccc(F)cc3C)cc2)cc1. The molecule has 4 nitrogen and oxygen atoms in total. The van der Waals surface area contributed by atoms with Crippen LogP contribution in [-0.2, 0) is 0 Å². The van der Waals surface area contributed by atoms with Crippen LogP contribution in [-0.4, -0.2) is 13.0 Å². The number of carbonyl (C=O) groups excluding carboxylic acids is 1. The van der Waals surface area contributed by atoms with Crippen molar-refractivity contribution in [1.29, 1.82) is 0 Å². The van der Waals surface area contributed by atoms with Crippen molar-refractivity contribution in [2.75, 3.05) is 12.4 Å². The highest BCUT2D eigenvalue weighted by atomic mass is 19.1. The van der Waals surface area contributed by atoms with Crippen molar-refractivity contribution < 1.29 is 18.7 Å². The molecule has 1 N–H and O–H groups in total. The maximum absolute atomic E-state index is 13.2. The molecule has 0 fully saturated rings. The van der Waals surface area contributed by atoms with Crippen LogP contribution in [0, 0.1) is 12.7 Å². The summed E-state index contributed by atoms with van der Waals surface area (Å²) in [5, 5.41) is 2.79. The second-order valence-corrected chi connectivity index (χ2v) is 5.72. The Morgan fingerprint density at radius 1 is 0.885 bits per heavy atom. The molecule has 132 valence electrons. The molecule has 0 aromatic heterocycles. The van der Waals surface area contributed by atoms with Gasteiger partial charge in [-0.1, -0.05) is 0 Å². The lowest BCUT2D eigenvalue weighted by Gasteiger charge is -2.10. The molecule has 3 rings (SSSR count). The van der Waals surface area contributed by atoms with Gasteiger partial charge in [0.25, 0.3) is 5.91 Å². The van der Waals surface area contributed by atoms with Gasteiger partial charge in [-0.25, -0.2) is 4.39 Å². The second-order valence-electron chi connectivity index (χ2n) is 5.72. The predicted molar refractivity (Wildman–Crippen MR) is 98.6 cm³/mol. The van der Waals surface area contributed by atoms with Gasteiger partial charge in [0.05, 0.1) is 7.11 Å². The number of hydrogen-bond acceptors (Lipinski definition) is 3. The van der Waals surface area contributed by atoms with E-state index in [1.54, 1.807) is 38.3 Å². The number of carbonyl (C=O) groups is 1. The summed E-state index contributed by atoms with van der Waals surface area (Å²) in [6, 6.07) is 18.3. The molecule has 0 unspecified atom stereocenters. The number of benzene rings is 3. The summed E-state index contributed by atoms with van der Waals surface area (Å²) in [5.41, 5.74) is 1.65. The lowest BCUT2D eigenvalue weighted by atomic mass is 10.1. The molecule has 0 saturated carbocycles. The van der Waals surface area contributed by atoms with Crippen molar-refractivity contribution in [2.45, 2.75) is 6.92 Å². The van der Waals surface area contributed by atoms with Gasteiger partial charge in [-0.15, -0.1) is 0 Å². The van der Waals surface area contributed by atoms with E-state index >= 15 is 0 Å². The standard InChI is InChI=1S/C21H18FNO3/c1-14-13-15(22)3-12-20(14)21(24)23-16-4-6-18(7-5-16)26-19-10-8-17(25-2)9-11-19/h3-13H,1-2H3,(H,23,24). The fourth-order valence-electron chi connectivity index (χ4n) is 2.47. The van der Waals surface area contributed by atoms with Crippen LogP contribution in [0.15, 0.2) is 66.7 Å². The number of hydrogen-bond donors (Lipinski definition) is 1. The van der Waals surface area contributed by atoms with Crippen molar-refractivity contribution in [3.63, 3.8) is 0 Å². The molecule has 26 heavy (non-hydrogen) atoms. The topological polar surface area (TPSA) is 47.6 Å². The fraction of sp³-hybridized carbons (Fsp3) is 0.0952. The van der Waals surface area contributed by atoms with Crippen molar-refractivity contribution in [3.05, 3.63) is 83.7 Å². The van der Waals surface area contributed by atoms with Gasteiger partial charge >= 0.3 is 0 Å². The molecule has 1 amide bonds. The summed E-state index contributed by atoms with van der Waals surface area (Å²) < 4.78 is 24.0. The number of rotatable bonds is 5. The fourth-order valence-corrected chi connectivity index (χ4v) is 2.47. The van der Waals surface area contributed by atoms with E-state index in [-0.39, 0.29) is 11.7 Å². The van der Waals surface area contributed by atoms with Crippen LogP contribution in [0.3, 0.4) is 0 Å². The van der Waals surface area contributed by atoms with Gasteiger partial charge in [0.2, 0.25) is 0 Å². The first kappa shape index (κ1) is 17.5. The Kier molecular flexibility index (Phi) is 5.17. The van der Waals surface area contributed by atoms with Crippen LogP contribution < -0.4 is 14.8 Å². The normalized spacial score (nSPS) is 10.3. The summed E-state index contributed by atoms with van der Waals surface area (Å²) >= 11 is 0. The molecule has 0 aliphatic carbocycles. The van der Waals surface area contributed by atoms with Crippen molar-refractivity contribution in [1.82, 2.24) is 0 Å². The maximum atomic E-state index is 13.2. The third kappa shape index (κ3) is 4.19. The number of methoxy groups -OCH3 is 1. The highest BCUT2D eigenvalue weighted by Gasteiger charge is 2.10. The molecule has 0 aliphatic heterocycles. The highest BCUT2D eigenvalue weighted by Crippen LogP contribution is 2.25. The number of aryl methyl sites for hydroxylation is 1. The largest absolute Gasteiger partial charge is 0.497 e. The summed E-state index contributed by atoms with van der Waals surface area (Å²) in [4.78, 5) is 12.3. The summed E-state index contributed by atoms with van der Waals surface area (Å²) in [6.45, 7) is 1.70. The molecule has 0 spiro atoms. The zero-order valence-corrected chi connectivity index (χ0v) is 14.5. The molecule has 5 heteroatoms. The minimum Gasteiger partial charge on any atom is -0.497 e. The third-order valence-electron chi connectivity index (χ3n) is 3.84. The zero-order chi connectivity index (χ0) is 18.5. The van der Waals surface area contributed by atoms with Gasteiger partial charge in [0, 0.05) is 11.3 Å². The van der Waals surface area contributed by atoms with E-state index < -0.39 is 0 Å². The van der Waals surface area contributed by atoms with Gasteiger partial charge in [0.1, 0.15) is 23.1 Å². The van der Waals surface area contributed by atoms with E-state index in [0.717, 1.165) is 5.75 Å². The minimum absolute atomic E-state index is 0.286. The molecule has 0 bridgehead atoms. The monoisotopic (exact) mass is 351 g/mol. The van der Waals surface area contributed by atoms with Crippen molar-refractivity contribution in [3.8, 4) is 17.2 Å². The Hall–Kier alpha value is -3.34. The summed E-state index contributed by atoms with van der Waals surface area (Å²) in [6.07, 6.45) is 0. The van der Waals surface area contributed by atoms with Crippen LogP contribution in [0.25, 0.3) is 0 Å². The van der Waals surface area contributed by atoms with Crippen LogP contribution in [0.1, 0.15) is 15.9 Å². The van der Waals surface area contributed by atoms with Gasteiger partial charge in [-0.05, 0) is 79.2 Å². The van der Waals surface area contributed by atoms with Gasteiger partial charge < -0.3 is 14.8 Å². The smallest absolute Gasteiger partial charge is 0.255 e. The Balaban J connectivity index is 1.66. The number of halogens is 1. The van der Waals surface area contributed by atoms with Crippen LogP contribution >= 0.6 is 0 Å². The first-order valence-corrected chi connectivity index (χ1v) is 8.04. The summed E-state index contributed by atoms with van der Waals surface area (Å²) in [7, 11) is 1.61. The van der Waals surface area contributed by atoms with Crippen LogP contribution in [0.4, 0.5) is 10.1 Å². The Morgan fingerprint density at radius 2 is 1.46 bits per heavy atom. The molecule has 3 aromatic rings. The Morgan fingerprint density at radius 3 is 2.04 bits per heavy atom. The first-order chi connectivity index (χ1) is 12.5. The Labute approximate surface area is 151 Å². The van der Waals surface area contributed by atoms with E-state index in [4.69, 9.17) is 9.47 Å². The van der Waals surface area contributed by atoms with E-state index in [9.17, 15) is 9.18 Å². The quantitative estimate of drug-likeness (QED) is 0.688. The van der Waals surface area contributed by atoms with Gasteiger partial charge in [-0.3, -0.25) is 4.79 Å². The lowest BCUT2D eigenvalue weighted by Crippen LogP contribution is -2.13. The lowest BCUT2D eigenvalue weighted by molar-refractivity contribution is 0.102. The number of ether oxygens (including phenoxy) is 2. The first-order valence-electron chi connectivity index (χ1n) is 8.04. The third-order valence-corrected chi connectivity index (χ3v) is 3.84. The molecule has 0 aliphatic rings. The molecule has 0 saturated heterocycles. The van der Waals surface area contributed by atoms with Crippen molar-refractivity contribution >= 4 is 11.6 Å². The molecule has 3 aromatic carbocycles. The molecule has 0 heterocycles. The van der Waals surface area contributed by atoms with E-state index in [1.807, 2.05) is 24.3 Å². The molecule has 0 radical (unpaired) electrons. The summed E-state index contributed by atoms with van der Waals surface area (Å²) in [5.74, 6) is 1.44. The van der Waals surface area contributed by atoms with Crippen LogP contribution in [0.2, 0.25) is 0 Å². The zero-order valence-electron chi connectivity index (χ0n) is 14.5. The number of amides is 1. The number of nitrogens with one attached hydrogen (secondary N) is 1. The average molecular weight is 351 g/mol. The van der Waals surface area contributed by atoms with Crippen molar-refractivity contribution in [2.24, 2.45) is 0 Å². The average Bonchev–Trinajstić information content (AvgIpc) is 2.64. The maximum Gasteiger partial charge on any atom is 0.255 e. The molecular weight excluding hydrogens is 333 g/mol. The number of anilines is 1. The van der Waals surface area contributed by atoms with Gasteiger partial charge in [0.15, 0.2) is 0 Å². The van der Waals surface area contributed by atoms with Gasteiger partial charge in [-0.2, -0.15) is 0 Å². The van der Waals surface area contributed by atoms with Crippen LogP contribution in [0.5, 0.6) is 17.2 Å². The highest BCUT2D eigenvalue weighted by molar-refractivity contribution is 6.05. The Bertz CT molecular complexity index is 906. The minimum atomic E-state index is -0.362. The molecular formula is C21H18FNO3.